The number of aryl methyl sites for hydroxylation is 1. The number of H-pyrrole nitrogens is 1. The van der Waals surface area contributed by atoms with Gasteiger partial charge in [-0.1, -0.05) is 4.98 Å². The van der Waals surface area contributed by atoms with Gasteiger partial charge in [-0.3, -0.25) is 28.0 Å². The van der Waals surface area contributed by atoms with E-state index in [1.807, 2.05) is 0 Å². The number of nitrogens with two attached hydrogens (primary N) is 1. The first-order valence-electron chi connectivity index (χ1n) is 15.4. The van der Waals surface area contributed by atoms with Gasteiger partial charge < -0.3 is 59.4 Å². The van der Waals surface area contributed by atoms with Crippen LogP contribution in [0.3, 0.4) is 0 Å². The monoisotopic (exact) mass is 828 g/mol. The number of phosphoric acid groups is 3. The third-order valence-electron chi connectivity index (χ3n) is 8.25. The SMILES string of the molecule is CO[C@H]1C(n2cnc3c(N)ncnc32)OC(COP(=O)(O)OP(=O)(O)OP(=O)([O-])OC[C@H]2O[C@@H]([n+]3cn(C)c4c(=O)[nH]c(N(C)C)nc43)C(O)[C@H]2O)[C@H]1O. The average Bonchev–Trinajstić information content (AvgIpc) is 3.81. The minimum Gasteiger partial charge on any atom is -0.756 e. The number of aliphatic hydroxyl groups excluding tert-OH is 3. The van der Waals surface area contributed by atoms with Gasteiger partial charge in [0.1, 0.15) is 48.5 Å². The highest BCUT2D eigenvalue weighted by molar-refractivity contribution is 7.66. The van der Waals surface area contributed by atoms with E-state index in [0.29, 0.717) is 0 Å². The largest absolute Gasteiger partial charge is 0.756 e. The molecule has 0 spiro atoms. The van der Waals surface area contributed by atoms with E-state index in [2.05, 4.69) is 38.1 Å². The zero-order valence-corrected chi connectivity index (χ0v) is 31.1. The van der Waals surface area contributed by atoms with Crippen molar-refractivity contribution in [2.45, 2.75) is 49.1 Å². The van der Waals surface area contributed by atoms with E-state index >= 15 is 0 Å². The number of nitrogens with one attached hydrogen (secondary N) is 1. The molecule has 0 radical (unpaired) electrons. The van der Waals surface area contributed by atoms with Crippen LogP contribution in [0.25, 0.3) is 22.3 Å². The number of hydrogen-bond donors (Lipinski definition) is 7. The van der Waals surface area contributed by atoms with Crippen LogP contribution in [0.1, 0.15) is 12.5 Å². The molecule has 11 atom stereocenters. The van der Waals surface area contributed by atoms with E-state index in [-0.39, 0.29) is 34.1 Å². The second-order valence-corrected chi connectivity index (χ2v) is 16.7. The lowest BCUT2D eigenvalue weighted by atomic mass is 10.1. The van der Waals surface area contributed by atoms with E-state index in [4.69, 9.17) is 24.5 Å². The summed E-state index contributed by atoms with van der Waals surface area (Å²) >= 11 is 0. The van der Waals surface area contributed by atoms with Crippen LogP contribution in [0.2, 0.25) is 0 Å². The minimum atomic E-state index is -6.01. The zero-order chi connectivity index (χ0) is 39.5. The first-order valence-corrected chi connectivity index (χ1v) is 19.8. The van der Waals surface area contributed by atoms with Gasteiger partial charge in [0.15, 0.2) is 24.0 Å². The highest BCUT2D eigenvalue weighted by Gasteiger charge is 2.49. The molecular weight excluding hydrogens is 793 g/mol. The van der Waals surface area contributed by atoms with Crippen LogP contribution >= 0.6 is 23.5 Å². The third kappa shape index (κ3) is 7.99. The molecule has 2 fully saturated rings. The first-order chi connectivity index (χ1) is 25.2. The summed E-state index contributed by atoms with van der Waals surface area (Å²) in [6.07, 6.45) is -7.99. The highest BCUT2D eigenvalue weighted by Crippen LogP contribution is 2.66. The van der Waals surface area contributed by atoms with E-state index in [9.17, 15) is 48.5 Å². The zero-order valence-electron chi connectivity index (χ0n) is 28.4. The van der Waals surface area contributed by atoms with Crippen LogP contribution in [0, 0.1) is 0 Å². The average molecular weight is 829 g/mol. The molecule has 4 aromatic rings. The number of aliphatic hydroxyl groups is 3. The number of imidazole rings is 2. The van der Waals surface area contributed by atoms with Crippen LogP contribution in [0.4, 0.5) is 11.8 Å². The predicted molar refractivity (Wildman–Crippen MR) is 174 cm³/mol. The van der Waals surface area contributed by atoms with Gasteiger partial charge >= 0.3 is 21.3 Å². The Morgan fingerprint density at radius 1 is 1.02 bits per heavy atom. The fourth-order valence-electron chi connectivity index (χ4n) is 5.78. The molecule has 6 heterocycles. The van der Waals surface area contributed by atoms with E-state index < -0.39 is 91.3 Å². The topological polar surface area (TPSA) is 367 Å². The summed E-state index contributed by atoms with van der Waals surface area (Å²) in [6, 6.07) is 0. The second kappa shape index (κ2) is 15.0. The molecule has 0 aromatic carbocycles. The van der Waals surface area contributed by atoms with Gasteiger partial charge in [0.25, 0.3) is 19.3 Å². The number of hydrogen-bond acceptors (Lipinski definition) is 21. The van der Waals surface area contributed by atoms with Crippen molar-refractivity contribution in [2.75, 3.05) is 45.1 Å². The molecule has 6 unspecified atom stereocenters. The molecule has 27 nitrogen and oxygen atoms in total. The third-order valence-corrected chi connectivity index (χ3v) is 12.5. The molecule has 0 amide bonds. The standard InChI is InChI=1S/C24H35N10O17P3/c1-31(2)24-29-20-13(21(38)30-24)32(3)9-34(20)22-16(37)14(35)10(48-22)5-46-52(39,40)50-54(43,44)51-53(41,42)47-6-11-15(36)17(45-4)23(49-11)33-8-28-12-18(25)26-7-27-19(12)33/h7-11,14-17,22-23,35-37H,5-6H2,1-4H3,(H5-,25,26,27,29,30,38,39,40,41,42,43,44)/t10-,11?,14+,15-,16?,17-,22-,23?/m1/s1. The summed E-state index contributed by atoms with van der Waals surface area (Å²) in [5.41, 5.74) is 5.80. The lowest BCUT2D eigenvalue weighted by Crippen LogP contribution is -2.46. The summed E-state index contributed by atoms with van der Waals surface area (Å²) in [5, 5.41) is 32.1. The maximum Gasteiger partial charge on any atom is 0.487 e. The molecule has 6 rings (SSSR count). The molecule has 2 aliphatic heterocycles. The number of nitrogen functional groups attached to an aromatic ring is 1. The summed E-state index contributed by atoms with van der Waals surface area (Å²) in [7, 11) is -11.6. The molecule has 8 N–H and O–H groups in total. The fourth-order valence-corrected chi connectivity index (χ4v) is 9.26. The molecule has 30 heteroatoms. The Labute approximate surface area is 302 Å². The summed E-state index contributed by atoms with van der Waals surface area (Å²) in [5.74, 6) is 0.204. The van der Waals surface area contributed by atoms with Crippen molar-refractivity contribution >= 4 is 57.6 Å². The Morgan fingerprint density at radius 2 is 1.70 bits per heavy atom. The van der Waals surface area contributed by atoms with E-state index in [1.165, 1.54) is 45.4 Å². The van der Waals surface area contributed by atoms with Crippen LogP contribution in [-0.4, -0.2) is 130 Å². The van der Waals surface area contributed by atoms with Crippen molar-refractivity contribution in [2.24, 2.45) is 7.05 Å². The predicted octanol–water partition coefficient (Wildman–Crippen LogP) is -3.33. The number of fused-ring (bicyclic) bond motifs is 2. The van der Waals surface area contributed by atoms with E-state index in [1.54, 1.807) is 14.1 Å². The molecular formula is C24H35N10O17P3. The lowest BCUT2D eigenvalue weighted by molar-refractivity contribution is -0.745. The van der Waals surface area contributed by atoms with Crippen molar-refractivity contribution in [3.63, 3.8) is 0 Å². The van der Waals surface area contributed by atoms with Crippen molar-refractivity contribution in [1.82, 2.24) is 34.1 Å². The Bertz CT molecular complexity index is 2240. The second-order valence-electron chi connectivity index (χ2n) is 12.1. The minimum absolute atomic E-state index is 0.0365. The molecule has 0 saturated carbocycles. The van der Waals surface area contributed by atoms with Crippen LogP contribution in [0.5, 0.6) is 0 Å². The van der Waals surface area contributed by atoms with Crippen LogP contribution < -0.4 is 25.7 Å². The first kappa shape index (κ1) is 40.3. The van der Waals surface area contributed by atoms with Gasteiger partial charge in [-0.15, -0.1) is 0 Å². The Kier molecular flexibility index (Phi) is 11.2. The smallest absolute Gasteiger partial charge is 0.487 e. The Morgan fingerprint density at radius 3 is 2.39 bits per heavy atom. The van der Waals surface area contributed by atoms with Gasteiger partial charge in [0.05, 0.1) is 26.6 Å². The van der Waals surface area contributed by atoms with Gasteiger partial charge in [-0.2, -0.15) is 4.31 Å². The molecule has 4 aromatic heterocycles. The maximum atomic E-state index is 12.7. The van der Waals surface area contributed by atoms with Crippen molar-refractivity contribution in [3.8, 4) is 0 Å². The van der Waals surface area contributed by atoms with Crippen molar-refractivity contribution < 1.29 is 80.1 Å². The van der Waals surface area contributed by atoms with Gasteiger partial charge in [0, 0.05) is 21.2 Å². The quantitative estimate of drug-likeness (QED) is 0.0482. The fraction of sp³-hybridized carbons (Fsp3) is 0.583. The number of aromatic nitrogens is 8. The molecule has 298 valence electrons. The van der Waals surface area contributed by atoms with Crippen molar-refractivity contribution in [1.29, 1.82) is 0 Å². The normalized spacial score (nSPS) is 29.4. The number of phosphoric ester groups is 2. The molecule has 2 saturated heterocycles. The highest BCUT2D eigenvalue weighted by atomic mass is 31.3. The van der Waals surface area contributed by atoms with E-state index in [0.717, 1.165) is 6.33 Å². The lowest BCUT2D eigenvalue weighted by Gasteiger charge is -2.26. The number of aromatic amines is 1. The maximum absolute atomic E-state index is 12.7. The summed E-state index contributed by atoms with van der Waals surface area (Å²) in [6.45, 7) is -2.06. The molecule has 2 aliphatic rings. The van der Waals surface area contributed by atoms with Crippen LogP contribution in [-0.2, 0) is 52.6 Å². The Balaban J connectivity index is 1.06. The van der Waals surface area contributed by atoms with Gasteiger partial charge in [-0.25, -0.2) is 33.0 Å². The summed E-state index contributed by atoms with van der Waals surface area (Å²) < 4.78 is 75.5. The molecule has 0 bridgehead atoms. The van der Waals surface area contributed by atoms with Gasteiger partial charge in [0.2, 0.25) is 11.7 Å². The molecule has 54 heavy (non-hydrogen) atoms. The summed E-state index contributed by atoms with van der Waals surface area (Å²) in [4.78, 5) is 65.7. The number of ether oxygens (including phenoxy) is 3. The number of rotatable bonds is 14. The number of nitrogens with zero attached hydrogens (tertiary/aromatic N) is 8. The van der Waals surface area contributed by atoms with Gasteiger partial charge in [-0.05, 0) is 0 Å². The van der Waals surface area contributed by atoms with Crippen LogP contribution in [0.15, 0.2) is 23.8 Å². The Hall–Kier alpha value is -3.33. The number of anilines is 2. The van der Waals surface area contributed by atoms with Crippen molar-refractivity contribution in [3.05, 3.63) is 29.3 Å². The molecule has 0 aliphatic carbocycles. The number of methoxy groups -OCH3 is 1.